The van der Waals surface area contributed by atoms with Gasteiger partial charge in [0.1, 0.15) is 5.71 Å². The summed E-state index contributed by atoms with van der Waals surface area (Å²) >= 11 is 0. The van der Waals surface area contributed by atoms with Crippen LogP contribution < -0.4 is 5.01 Å². The minimum absolute atomic E-state index is 0.243. The molecule has 0 aliphatic carbocycles. The quantitative estimate of drug-likeness (QED) is 0.860. The second-order valence-electron chi connectivity index (χ2n) is 5.15. The predicted molar refractivity (Wildman–Crippen MR) is 86.9 cm³/mol. The first kappa shape index (κ1) is 16.2. The number of hydrazine groups is 1. The molecule has 1 aromatic rings. The summed E-state index contributed by atoms with van der Waals surface area (Å²) in [7, 11) is 1.82. The van der Waals surface area contributed by atoms with E-state index in [1.807, 2.05) is 58.2 Å². The van der Waals surface area contributed by atoms with E-state index < -0.39 is 0 Å². The van der Waals surface area contributed by atoms with Crippen molar-refractivity contribution in [2.24, 2.45) is 4.99 Å². The fourth-order valence-corrected chi connectivity index (χ4v) is 2.46. The van der Waals surface area contributed by atoms with Gasteiger partial charge >= 0.3 is 6.03 Å². The van der Waals surface area contributed by atoms with Crippen LogP contribution in [0, 0.1) is 0 Å². The number of carbonyl (C=O) groups excluding carboxylic acids is 2. The number of carbonyl (C=O) groups is 2. The van der Waals surface area contributed by atoms with E-state index in [1.165, 1.54) is 0 Å². The van der Waals surface area contributed by atoms with Crippen molar-refractivity contribution in [1.82, 2.24) is 9.91 Å². The predicted octanol–water partition coefficient (Wildman–Crippen LogP) is 2.17. The molecule has 1 heterocycles. The second-order valence-corrected chi connectivity index (χ2v) is 5.15. The van der Waals surface area contributed by atoms with Crippen LogP contribution in [0.3, 0.4) is 0 Å². The van der Waals surface area contributed by atoms with E-state index in [4.69, 9.17) is 0 Å². The van der Waals surface area contributed by atoms with Crippen molar-refractivity contribution in [1.29, 1.82) is 0 Å². The third kappa shape index (κ3) is 2.87. The molecule has 1 unspecified atom stereocenters. The molecule has 1 aliphatic heterocycles. The van der Waals surface area contributed by atoms with E-state index in [-0.39, 0.29) is 23.7 Å². The van der Waals surface area contributed by atoms with E-state index in [1.54, 1.807) is 14.9 Å². The summed E-state index contributed by atoms with van der Waals surface area (Å²) in [5.74, 6) is -0.248. The summed E-state index contributed by atoms with van der Waals surface area (Å²) in [6, 6.07) is 8.75. The average Bonchev–Trinajstić information content (AvgIpc) is 2.73. The smallest absolute Gasteiger partial charge is 0.323 e. The van der Waals surface area contributed by atoms with Gasteiger partial charge in [-0.25, -0.2) is 14.8 Å². The number of para-hydroxylation sites is 1. The fraction of sp³-hybridized carbons (Fsp3) is 0.438. The second kappa shape index (κ2) is 6.70. The average molecular weight is 302 g/mol. The van der Waals surface area contributed by atoms with Crippen molar-refractivity contribution < 1.29 is 9.59 Å². The first-order valence-corrected chi connectivity index (χ1v) is 7.51. The Kier molecular flexibility index (Phi) is 4.92. The molecular weight excluding hydrogens is 280 g/mol. The summed E-state index contributed by atoms with van der Waals surface area (Å²) in [6.07, 6.45) is 0. The van der Waals surface area contributed by atoms with Crippen LogP contribution in [-0.2, 0) is 4.79 Å². The van der Waals surface area contributed by atoms with Gasteiger partial charge in [-0.15, -0.1) is 0 Å². The van der Waals surface area contributed by atoms with Gasteiger partial charge in [-0.2, -0.15) is 4.99 Å². The molecule has 1 saturated heterocycles. The first-order valence-electron chi connectivity index (χ1n) is 7.51. The van der Waals surface area contributed by atoms with Gasteiger partial charge in [0.05, 0.1) is 11.7 Å². The lowest BCUT2D eigenvalue weighted by molar-refractivity contribution is -0.113. The Morgan fingerprint density at radius 1 is 1.23 bits per heavy atom. The highest BCUT2D eigenvalue weighted by Gasteiger charge is 2.40. The molecule has 0 aromatic heterocycles. The molecule has 1 aliphatic rings. The molecule has 22 heavy (non-hydrogen) atoms. The standard InChI is InChI=1S/C16H22N4O2/c1-5-19(6-2)16(22)17-14-12(3)18(4)20(15(14)21)13-10-8-7-9-11-13/h7-12H,5-6H2,1-4H3. The molecule has 0 bridgehead atoms. The van der Waals surface area contributed by atoms with Gasteiger partial charge in [0.2, 0.25) is 0 Å². The van der Waals surface area contributed by atoms with E-state index in [2.05, 4.69) is 4.99 Å². The number of amides is 3. The lowest BCUT2D eigenvalue weighted by Gasteiger charge is -2.25. The van der Waals surface area contributed by atoms with Crippen molar-refractivity contribution >= 4 is 23.3 Å². The molecule has 0 N–H and O–H groups in total. The van der Waals surface area contributed by atoms with Crippen LogP contribution in [0.25, 0.3) is 0 Å². The van der Waals surface area contributed by atoms with E-state index in [0.717, 1.165) is 5.69 Å². The van der Waals surface area contributed by atoms with Crippen LogP contribution in [0.1, 0.15) is 20.8 Å². The van der Waals surface area contributed by atoms with Gasteiger partial charge in [0, 0.05) is 20.1 Å². The summed E-state index contributed by atoms with van der Waals surface area (Å²) in [4.78, 5) is 30.5. The number of hydrogen-bond acceptors (Lipinski definition) is 3. The van der Waals surface area contributed by atoms with Gasteiger partial charge in [-0.05, 0) is 32.9 Å². The number of nitrogens with zero attached hydrogens (tertiary/aromatic N) is 4. The highest BCUT2D eigenvalue weighted by Crippen LogP contribution is 2.24. The van der Waals surface area contributed by atoms with E-state index in [9.17, 15) is 9.59 Å². The number of anilines is 1. The number of urea groups is 1. The Balaban J connectivity index is 2.32. The molecule has 3 amide bonds. The molecule has 1 atom stereocenters. The zero-order chi connectivity index (χ0) is 16.3. The molecule has 1 fully saturated rings. The van der Waals surface area contributed by atoms with Crippen LogP contribution in [0.2, 0.25) is 0 Å². The number of hydrogen-bond donors (Lipinski definition) is 0. The Morgan fingerprint density at radius 2 is 1.82 bits per heavy atom. The third-order valence-corrected chi connectivity index (χ3v) is 3.93. The van der Waals surface area contributed by atoms with Gasteiger partial charge in [0.25, 0.3) is 5.91 Å². The van der Waals surface area contributed by atoms with Gasteiger partial charge in [-0.1, -0.05) is 18.2 Å². The number of aliphatic imine (C=N–C) groups is 1. The van der Waals surface area contributed by atoms with Crippen LogP contribution in [0.4, 0.5) is 10.5 Å². The fourth-order valence-electron chi connectivity index (χ4n) is 2.46. The maximum atomic E-state index is 12.6. The molecule has 2 rings (SSSR count). The zero-order valence-electron chi connectivity index (χ0n) is 13.5. The molecule has 0 radical (unpaired) electrons. The molecule has 118 valence electrons. The van der Waals surface area contributed by atoms with Crippen LogP contribution >= 0.6 is 0 Å². The summed E-state index contributed by atoms with van der Waals surface area (Å²) < 4.78 is 0. The molecule has 1 aromatic carbocycles. The Labute approximate surface area is 131 Å². The molecular formula is C16H22N4O2. The highest BCUT2D eigenvalue weighted by molar-refractivity contribution is 6.48. The van der Waals surface area contributed by atoms with Crippen LogP contribution in [0.5, 0.6) is 0 Å². The maximum Gasteiger partial charge on any atom is 0.343 e. The molecule has 6 heteroatoms. The number of rotatable bonds is 3. The van der Waals surface area contributed by atoms with Crippen molar-refractivity contribution in [3.63, 3.8) is 0 Å². The van der Waals surface area contributed by atoms with Crippen LogP contribution in [0.15, 0.2) is 35.3 Å². The molecule has 0 spiro atoms. The Morgan fingerprint density at radius 3 is 2.36 bits per heavy atom. The lowest BCUT2D eigenvalue weighted by Crippen LogP contribution is -2.38. The third-order valence-electron chi connectivity index (χ3n) is 3.93. The summed E-state index contributed by atoms with van der Waals surface area (Å²) in [5, 5.41) is 3.35. The zero-order valence-corrected chi connectivity index (χ0v) is 13.5. The summed E-state index contributed by atoms with van der Waals surface area (Å²) in [6.45, 7) is 6.81. The minimum atomic E-state index is -0.358. The molecule has 0 saturated carbocycles. The van der Waals surface area contributed by atoms with E-state index in [0.29, 0.717) is 13.1 Å². The minimum Gasteiger partial charge on any atom is -0.323 e. The Bertz CT molecular complexity index is 581. The van der Waals surface area contributed by atoms with Crippen molar-refractivity contribution in [3.8, 4) is 0 Å². The normalized spacial score (nSPS) is 20.7. The van der Waals surface area contributed by atoms with Crippen molar-refractivity contribution in [2.75, 3.05) is 25.1 Å². The van der Waals surface area contributed by atoms with Crippen molar-refractivity contribution in [3.05, 3.63) is 30.3 Å². The van der Waals surface area contributed by atoms with Gasteiger partial charge in [-0.3, -0.25) is 4.79 Å². The maximum absolute atomic E-state index is 12.6. The topological polar surface area (TPSA) is 56.2 Å². The Hall–Kier alpha value is -2.21. The largest absolute Gasteiger partial charge is 0.343 e. The summed E-state index contributed by atoms with van der Waals surface area (Å²) in [5.41, 5.74) is 1.05. The lowest BCUT2D eigenvalue weighted by atomic mass is 10.2. The number of benzene rings is 1. The highest BCUT2D eigenvalue weighted by atomic mass is 16.2. The molecule has 6 nitrogen and oxygen atoms in total. The first-order chi connectivity index (χ1) is 10.5. The van der Waals surface area contributed by atoms with E-state index >= 15 is 0 Å². The van der Waals surface area contributed by atoms with Gasteiger partial charge in [0.15, 0.2) is 0 Å². The van der Waals surface area contributed by atoms with Gasteiger partial charge < -0.3 is 4.90 Å². The van der Waals surface area contributed by atoms with Crippen molar-refractivity contribution in [2.45, 2.75) is 26.8 Å². The monoisotopic (exact) mass is 302 g/mol. The van der Waals surface area contributed by atoms with Crippen LogP contribution in [-0.4, -0.2) is 53.7 Å². The SMILES string of the molecule is CCN(CC)C(=O)N=C1C(=O)N(c2ccccc2)N(C)C1C.